The molecular weight excluding hydrogens is 356 g/mol. The minimum atomic E-state index is -1.26. The zero-order chi connectivity index (χ0) is 19.7. The number of nitrogens with one attached hydrogen (secondary N) is 2. The number of carbonyl (C=O) groups excluding carboxylic acids is 3. The Balaban J connectivity index is 1.42. The number of ketones is 1. The van der Waals surface area contributed by atoms with Crippen LogP contribution in [-0.2, 0) is 14.4 Å². The molecule has 2 N–H and O–H groups in total. The van der Waals surface area contributed by atoms with E-state index < -0.39 is 23.3 Å². The summed E-state index contributed by atoms with van der Waals surface area (Å²) < 4.78 is 0. The van der Waals surface area contributed by atoms with Gasteiger partial charge >= 0.3 is 0 Å². The van der Waals surface area contributed by atoms with Gasteiger partial charge in [-0.25, -0.2) is 0 Å². The first-order chi connectivity index (χ1) is 13.5. The van der Waals surface area contributed by atoms with Gasteiger partial charge in [0.1, 0.15) is 5.54 Å². The van der Waals surface area contributed by atoms with Gasteiger partial charge in [0.05, 0.1) is 0 Å². The molecule has 0 aliphatic carbocycles. The van der Waals surface area contributed by atoms with Crippen LogP contribution in [0.15, 0.2) is 24.3 Å². The van der Waals surface area contributed by atoms with Gasteiger partial charge in [0.25, 0.3) is 0 Å². The van der Waals surface area contributed by atoms with Gasteiger partial charge in [-0.2, -0.15) is 0 Å². The molecule has 3 aliphatic rings. The molecule has 150 valence electrons. The summed E-state index contributed by atoms with van der Waals surface area (Å²) in [5, 5.41) is 5.58. The molecule has 3 heterocycles. The first kappa shape index (κ1) is 18.9. The number of piperidine rings is 2. The van der Waals surface area contributed by atoms with Gasteiger partial charge < -0.3 is 20.4 Å². The third-order valence-electron chi connectivity index (χ3n) is 6.32. The molecule has 3 fully saturated rings. The van der Waals surface area contributed by atoms with Crippen molar-refractivity contribution in [1.29, 1.82) is 0 Å². The fraction of sp³-hybridized carbons (Fsp3) is 0.571. The summed E-state index contributed by atoms with van der Waals surface area (Å²) in [6.45, 7) is 3.58. The Hall–Kier alpha value is -2.41. The molecule has 3 saturated heterocycles. The molecule has 0 aromatic heterocycles. The molecule has 28 heavy (non-hydrogen) atoms. The van der Waals surface area contributed by atoms with E-state index in [4.69, 9.17) is 0 Å². The van der Waals surface area contributed by atoms with E-state index in [1.165, 1.54) is 19.3 Å². The van der Waals surface area contributed by atoms with Gasteiger partial charge in [-0.1, -0.05) is 0 Å². The number of rotatable bonds is 3. The SMILES string of the molecule is CN1CCC2(CC1)NC(=O)C(C(=O)Nc1ccc(N3CCCCC3)cc1)C2=O. The largest absolute Gasteiger partial charge is 0.372 e. The summed E-state index contributed by atoms with van der Waals surface area (Å²) in [4.78, 5) is 42.5. The second-order valence-electron chi connectivity index (χ2n) is 8.26. The molecule has 0 bridgehead atoms. The average molecular weight is 384 g/mol. The summed E-state index contributed by atoms with van der Waals surface area (Å²) >= 11 is 0. The maximum atomic E-state index is 12.9. The van der Waals surface area contributed by atoms with E-state index in [9.17, 15) is 14.4 Å². The van der Waals surface area contributed by atoms with Crippen LogP contribution in [-0.4, -0.2) is 61.3 Å². The molecule has 0 saturated carbocycles. The predicted molar refractivity (Wildman–Crippen MR) is 107 cm³/mol. The molecule has 2 amide bonds. The van der Waals surface area contributed by atoms with E-state index in [0.29, 0.717) is 18.5 Å². The van der Waals surface area contributed by atoms with Crippen molar-refractivity contribution in [2.24, 2.45) is 5.92 Å². The molecule has 4 rings (SSSR count). The van der Waals surface area contributed by atoms with E-state index in [0.717, 1.165) is 31.9 Å². The quantitative estimate of drug-likeness (QED) is 0.770. The Bertz CT molecular complexity index is 762. The molecule has 1 spiro atoms. The Kier molecular flexibility index (Phi) is 5.10. The maximum Gasteiger partial charge on any atom is 0.244 e. The lowest BCUT2D eigenvalue weighted by atomic mass is 9.82. The van der Waals surface area contributed by atoms with Crippen LogP contribution in [0.3, 0.4) is 0 Å². The van der Waals surface area contributed by atoms with E-state index in [-0.39, 0.29) is 5.78 Å². The topological polar surface area (TPSA) is 81.8 Å². The van der Waals surface area contributed by atoms with Crippen molar-refractivity contribution in [2.45, 2.75) is 37.6 Å². The molecule has 0 radical (unpaired) electrons. The highest BCUT2D eigenvalue weighted by molar-refractivity contribution is 6.27. The third kappa shape index (κ3) is 3.51. The Morgan fingerprint density at radius 3 is 2.32 bits per heavy atom. The lowest BCUT2D eigenvalue weighted by Gasteiger charge is -2.36. The number of carbonyl (C=O) groups is 3. The number of anilines is 2. The molecule has 7 nitrogen and oxygen atoms in total. The van der Waals surface area contributed by atoms with Gasteiger partial charge in [0.15, 0.2) is 11.7 Å². The number of amides is 2. The monoisotopic (exact) mass is 384 g/mol. The lowest BCUT2D eigenvalue weighted by molar-refractivity contribution is -0.136. The van der Waals surface area contributed by atoms with Crippen LogP contribution < -0.4 is 15.5 Å². The summed E-state index contributed by atoms with van der Waals surface area (Å²) in [5.41, 5.74) is 0.873. The number of hydrogen-bond acceptors (Lipinski definition) is 5. The van der Waals surface area contributed by atoms with Crippen LogP contribution >= 0.6 is 0 Å². The number of hydrogen-bond donors (Lipinski definition) is 2. The van der Waals surface area contributed by atoms with Crippen LogP contribution in [0.25, 0.3) is 0 Å². The van der Waals surface area contributed by atoms with E-state index in [1.807, 2.05) is 31.3 Å². The molecular formula is C21H28N4O3. The Labute approximate surface area is 165 Å². The van der Waals surface area contributed by atoms with E-state index in [2.05, 4.69) is 20.4 Å². The standard InChI is InChI=1S/C21H28N4O3/c1-24-13-9-21(10-14-24)18(26)17(20(28)23-21)19(27)22-15-5-7-16(8-6-15)25-11-3-2-4-12-25/h5-8,17H,2-4,9-14H2,1H3,(H,22,27)(H,23,28). The van der Waals surface area contributed by atoms with E-state index >= 15 is 0 Å². The lowest BCUT2D eigenvalue weighted by Crippen LogP contribution is -2.54. The van der Waals surface area contributed by atoms with Crippen molar-refractivity contribution >= 4 is 29.0 Å². The first-order valence-corrected chi connectivity index (χ1v) is 10.2. The molecule has 7 heteroatoms. The number of Topliss-reactive ketones (excluding diaryl/α,β-unsaturated/α-hetero) is 1. The van der Waals surface area contributed by atoms with Crippen LogP contribution in [0, 0.1) is 5.92 Å². The van der Waals surface area contributed by atoms with Crippen LogP contribution in [0.4, 0.5) is 11.4 Å². The van der Waals surface area contributed by atoms with Crippen LogP contribution in [0.1, 0.15) is 32.1 Å². The average Bonchev–Trinajstić information content (AvgIpc) is 2.95. The predicted octanol–water partition coefficient (Wildman–Crippen LogP) is 1.39. The van der Waals surface area contributed by atoms with Gasteiger partial charge in [-0.15, -0.1) is 0 Å². The molecule has 3 aliphatic heterocycles. The molecule has 1 aromatic rings. The number of nitrogens with zero attached hydrogens (tertiary/aromatic N) is 2. The highest BCUT2D eigenvalue weighted by Gasteiger charge is 2.55. The zero-order valence-corrected chi connectivity index (χ0v) is 16.4. The number of benzene rings is 1. The van der Waals surface area contributed by atoms with Gasteiger partial charge in [0.2, 0.25) is 11.8 Å². The summed E-state index contributed by atoms with van der Waals surface area (Å²) in [7, 11) is 1.99. The second-order valence-corrected chi connectivity index (χ2v) is 8.26. The van der Waals surface area contributed by atoms with Crippen molar-refractivity contribution in [2.75, 3.05) is 43.4 Å². The third-order valence-corrected chi connectivity index (χ3v) is 6.32. The molecule has 1 aromatic carbocycles. The summed E-state index contributed by atoms with van der Waals surface area (Å²) in [6.07, 6.45) is 4.80. The van der Waals surface area contributed by atoms with Gasteiger partial charge in [-0.05, 0) is 63.4 Å². The first-order valence-electron chi connectivity index (χ1n) is 10.2. The normalized spacial score (nSPS) is 25.0. The van der Waals surface area contributed by atoms with Crippen molar-refractivity contribution in [3.05, 3.63) is 24.3 Å². The van der Waals surface area contributed by atoms with Gasteiger partial charge in [-0.3, -0.25) is 14.4 Å². The van der Waals surface area contributed by atoms with E-state index in [1.54, 1.807) is 0 Å². The molecule has 1 atom stereocenters. The smallest absolute Gasteiger partial charge is 0.244 e. The second kappa shape index (κ2) is 7.54. The Morgan fingerprint density at radius 2 is 1.68 bits per heavy atom. The van der Waals surface area contributed by atoms with Crippen LogP contribution in [0.5, 0.6) is 0 Å². The highest BCUT2D eigenvalue weighted by atomic mass is 16.2. The minimum absolute atomic E-state index is 0.284. The fourth-order valence-electron chi connectivity index (χ4n) is 4.50. The number of likely N-dealkylation sites (tertiary alicyclic amines) is 1. The van der Waals surface area contributed by atoms with Gasteiger partial charge in [0, 0.05) is 37.6 Å². The summed E-state index contributed by atoms with van der Waals surface area (Å²) in [6, 6.07) is 7.64. The van der Waals surface area contributed by atoms with Crippen molar-refractivity contribution in [3.8, 4) is 0 Å². The summed E-state index contributed by atoms with van der Waals surface area (Å²) in [5.74, 6) is -2.56. The molecule has 1 unspecified atom stereocenters. The van der Waals surface area contributed by atoms with Crippen molar-refractivity contribution < 1.29 is 14.4 Å². The zero-order valence-electron chi connectivity index (χ0n) is 16.4. The van der Waals surface area contributed by atoms with Crippen LogP contribution in [0.2, 0.25) is 0 Å². The van der Waals surface area contributed by atoms with Crippen molar-refractivity contribution in [1.82, 2.24) is 10.2 Å². The highest BCUT2D eigenvalue weighted by Crippen LogP contribution is 2.32. The Morgan fingerprint density at radius 1 is 1.04 bits per heavy atom. The van der Waals surface area contributed by atoms with Crippen molar-refractivity contribution in [3.63, 3.8) is 0 Å². The maximum absolute atomic E-state index is 12.9. The minimum Gasteiger partial charge on any atom is -0.372 e. The fourth-order valence-corrected chi connectivity index (χ4v) is 4.50.